The van der Waals surface area contributed by atoms with Crippen LogP contribution in [0.4, 0.5) is 0 Å². The Bertz CT molecular complexity index is 495. The highest BCUT2D eigenvalue weighted by atomic mass is 16.8. The number of hydrogen-bond acceptors (Lipinski definition) is 5. The Balaban J connectivity index is 1.90. The zero-order valence-corrected chi connectivity index (χ0v) is 13.4. The van der Waals surface area contributed by atoms with Crippen molar-refractivity contribution in [2.24, 2.45) is 17.3 Å². The summed E-state index contributed by atoms with van der Waals surface area (Å²) in [6, 6.07) is 0. The average molecular weight is 296 g/mol. The Hall–Kier alpha value is -0.940. The van der Waals surface area contributed by atoms with Crippen molar-refractivity contribution in [2.45, 2.75) is 71.4 Å². The summed E-state index contributed by atoms with van der Waals surface area (Å²) in [5.74, 6) is -0.922. The minimum atomic E-state index is -0.700. The van der Waals surface area contributed by atoms with Crippen molar-refractivity contribution >= 4 is 11.9 Å². The summed E-state index contributed by atoms with van der Waals surface area (Å²) >= 11 is 0. The standard InChI is InChI=1S/C16H24O5/c1-9(17)19-13(18)8-16-11-6-10(14(11,2)3)7-12(16)20-15(4,5)21-16/h10-12H,6-8H2,1-5H3/t10?,11?,12?,16-/m1/s1. The van der Waals surface area contributed by atoms with Crippen molar-refractivity contribution in [3.8, 4) is 0 Å². The van der Waals surface area contributed by atoms with Crippen LogP contribution < -0.4 is 0 Å². The molecule has 0 aromatic carbocycles. The molecule has 0 aromatic rings. The maximum Gasteiger partial charge on any atom is 0.316 e. The van der Waals surface area contributed by atoms with E-state index in [2.05, 4.69) is 13.8 Å². The predicted molar refractivity (Wildman–Crippen MR) is 74.2 cm³/mol. The number of hydrogen-bond donors (Lipinski definition) is 0. The van der Waals surface area contributed by atoms with Crippen molar-refractivity contribution in [3.63, 3.8) is 0 Å². The van der Waals surface area contributed by atoms with Crippen molar-refractivity contribution in [1.29, 1.82) is 0 Å². The van der Waals surface area contributed by atoms with E-state index in [-0.39, 0.29) is 23.9 Å². The number of carbonyl (C=O) groups excluding carboxylic acids is 2. The normalized spacial score (nSPS) is 41.9. The minimum Gasteiger partial charge on any atom is -0.393 e. The van der Waals surface area contributed by atoms with Crippen LogP contribution in [0.1, 0.15) is 53.9 Å². The van der Waals surface area contributed by atoms with Crippen LogP contribution in [-0.2, 0) is 23.8 Å². The van der Waals surface area contributed by atoms with Gasteiger partial charge in [-0.3, -0.25) is 9.59 Å². The molecular weight excluding hydrogens is 272 g/mol. The largest absolute Gasteiger partial charge is 0.393 e. The number of ether oxygens (including phenoxy) is 3. The first-order valence-electron chi connectivity index (χ1n) is 7.66. The van der Waals surface area contributed by atoms with Crippen LogP contribution in [0, 0.1) is 17.3 Å². The van der Waals surface area contributed by atoms with Crippen molar-refractivity contribution in [2.75, 3.05) is 0 Å². The van der Waals surface area contributed by atoms with Gasteiger partial charge in [-0.1, -0.05) is 13.8 Å². The topological polar surface area (TPSA) is 61.8 Å². The SMILES string of the molecule is CC(=O)OC(=O)C[C@]12OC(C)(C)OC1CC1CC2C1(C)C. The van der Waals surface area contributed by atoms with E-state index in [0.717, 1.165) is 12.8 Å². The molecule has 4 fully saturated rings. The number of rotatable bonds is 2. The zero-order valence-electron chi connectivity index (χ0n) is 13.4. The van der Waals surface area contributed by atoms with Crippen LogP contribution in [0.25, 0.3) is 0 Å². The molecule has 1 saturated heterocycles. The molecule has 3 saturated carbocycles. The highest BCUT2D eigenvalue weighted by Gasteiger charge is 2.71. The van der Waals surface area contributed by atoms with Crippen molar-refractivity contribution in [1.82, 2.24) is 0 Å². The van der Waals surface area contributed by atoms with Gasteiger partial charge in [-0.05, 0) is 43.9 Å². The van der Waals surface area contributed by atoms with E-state index in [1.165, 1.54) is 6.92 Å². The van der Waals surface area contributed by atoms with Crippen LogP contribution >= 0.6 is 0 Å². The van der Waals surface area contributed by atoms with Gasteiger partial charge < -0.3 is 14.2 Å². The van der Waals surface area contributed by atoms with E-state index < -0.39 is 23.3 Å². The molecule has 1 aliphatic heterocycles. The second-order valence-electron chi connectivity index (χ2n) is 7.75. The Morgan fingerprint density at radius 3 is 2.43 bits per heavy atom. The second-order valence-corrected chi connectivity index (χ2v) is 7.75. The van der Waals surface area contributed by atoms with Crippen LogP contribution in [0.5, 0.6) is 0 Å². The van der Waals surface area contributed by atoms with Crippen LogP contribution in [-0.4, -0.2) is 29.4 Å². The minimum absolute atomic E-state index is 0.0848. The van der Waals surface area contributed by atoms with Gasteiger partial charge in [0.05, 0.1) is 12.5 Å². The Morgan fingerprint density at radius 1 is 1.19 bits per heavy atom. The van der Waals surface area contributed by atoms with Gasteiger partial charge >= 0.3 is 11.9 Å². The fourth-order valence-corrected chi connectivity index (χ4v) is 4.73. The lowest BCUT2D eigenvalue weighted by atomic mass is 9.43. The molecule has 2 bridgehead atoms. The molecule has 5 heteroatoms. The average Bonchev–Trinajstić information content (AvgIpc) is 2.55. The van der Waals surface area contributed by atoms with Gasteiger partial charge in [-0.15, -0.1) is 0 Å². The maximum atomic E-state index is 12.1. The van der Waals surface area contributed by atoms with Crippen LogP contribution in [0.15, 0.2) is 0 Å². The molecule has 21 heavy (non-hydrogen) atoms. The molecule has 0 N–H and O–H groups in total. The Kier molecular flexibility index (Phi) is 3.06. The lowest BCUT2D eigenvalue weighted by Gasteiger charge is -2.64. The van der Waals surface area contributed by atoms with E-state index in [1.807, 2.05) is 13.8 Å². The summed E-state index contributed by atoms with van der Waals surface area (Å²) in [5, 5.41) is 0. The van der Waals surface area contributed by atoms with Crippen molar-refractivity contribution in [3.05, 3.63) is 0 Å². The van der Waals surface area contributed by atoms with Crippen molar-refractivity contribution < 1.29 is 23.8 Å². The van der Waals surface area contributed by atoms with Gasteiger partial charge in [0.1, 0.15) is 5.60 Å². The second kappa shape index (κ2) is 4.29. The van der Waals surface area contributed by atoms with Gasteiger partial charge in [0.25, 0.3) is 0 Å². The van der Waals surface area contributed by atoms with E-state index >= 15 is 0 Å². The summed E-state index contributed by atoms with van der Waals surface area (Å²) in [7, 11) is 0. The fraction of sp³-hybridized carbons (Fsp3) is 0.875. The molecule has 3 unspecified atom stereocenters. The first-order valence-corrected chi connectivity index (χ1v) is 7.66. The van der Waals surface area contributed by atoms with Gasteiger partial charge in [-0.2, -0.15) is 0 Å². The lowest BCUT2D eigenvalue weighted by molar-refractivity contribution is -0.233. The predicted octanol–water partition coefficient (Wildman–Crippen LogP) is 2.42. The molecule has 0 aromatic heterocycles. The molecule has 4 atom stereocenters. The molecule has 0 amide bonds. The van der Waals surface area contributed by atoms with Gasteiger partial charge in [0.15, 0.2) is 5.79 Å². The Morgan fingerprint density at radius 2 is 1.86 bits per heavy atom. The van der Waals surface area contributed by atoms with Gasteiger partial charge in [-0.25, -0.2) is 0 Å². The monoisotopic (exact) mass is 296 g/mol. The van der Waals surface area contributed by atoms with E-state index in [4.69, 9.17) is 14.2 Å². The summed E-state index contributed by atoms with van der Waals surface area (Å²) in [5.41, 5.74) is -0.523. The van der Waals surface area contributed by atoms with E-state index in [9.17, 15) is 9.59 Å². The summed E-state index contributed by atoms with van der Waals surface area (Å²) < 4.78 is 17.0. The molecule has 0 spiro atoms. The number of carbonyl (C=O) groups is 2. The van der Waals surface area contributed by atoms with Gasteiger partial charge in [0.2, 0.25) is 0 Å². The quantitative estimate of drug-likeness (QED) is 0.578. The Labute approximate surface area is 125 Å². The van der Waals surface area contributed by atoms with Crippen LogP contribution in [0.2, 0.25) is 0 Å². The van der Waals surface area contributed by atoms with Gasteiger partial charge in [0, 0.05) is 6.92 Å². The maximum absolute atomic E-state index is 12.1. The molecule has 5 nitrogen and oxygen atoms in total. The molecule has 3 aliphatic carbocycles. The van der Waals surface area contributed by atoms with Crippen LogP contribution in [0.3, 0.4) is 0 Å². The summed E-state index contributed by atoms with van der Waals surface area (Å²) in [6.45, 7) is 9.47. The molecule has 118 valence electrons. The summed E-state index contributed by atoms with van der Waals surface area (Å²) in [4.78, 5) is 23.1. The molecule has 4 aliphatic rings. The first kappa shape index (κ1) is 15.0. The third-order valence-electron chi connectivity index (χ3n) is 5.64. The zero-order chi connectivity index (χ0) is 15.6. The number of esters is 2. The first-order chi connectivity index (χ1) is 9.57. The molecule has 4 rings (SSSR count). The smallest absolute Gasteiger partial charge is 0.316 e. The molecular formula is C16H24O5. The molecule has 0 radical (unpaired) electrons. The lowest BCUT2D eigenvalue weighted by Crippen LogP contribution is -2.67. The highest BCUT2D eigenvalue weighted by Crippen LogP contribution is 2.67. The van der Waals surface area contributed by atoms with E-state index in [1.54, 1.807) is 0 Å². The molecule has 1 heterocycles. The third kappa shape index (κ3) is 2.13. The summed E-state index contributed by atoms with van der Waals surface area (Å²) in [6.07, 6.45) is 1.95. The van der Waals surface area contributed by atoms with E-state index in [0.29, 0.717) is 5.92 Å². The fourth-order valence-electron chi connectivity index (χ4n) is 4.73. The third-order valence-corrected chi connectivity index (χ3v) is 5.64. The highest BCUT2D eigenvalue weighted by molar-refractivity contribution is 5.84.